The van der Waals surface area contributed by atoms with E-state index in [1.54, 1.807) is 0 Å². The second-order valence-electron chi connectivity index (χ2n) is 7.91. The van der Waals surface area contributed by atoms with E-state index in [9.17, 15) is 18.0 Å². The third-order valence-electron chi connectivity index (χ3n) is 5.66. The Hall–Kier alpha value is -1.79. The Kier molecular flexibility index (Phi) is 5.41. The lowest BCUT2D eigenvalue weighted by molar-refractivity contribution is -0.123. The smallest absolute Gasteiger partial charge is 0.211 e. The molecule has 0 saturated carbocycles. The van der Waals surface area contributed by atoms with Crippen LogP contribution in [0.4, 0.5) is 0 Å². The Labute approximate surface area is 161 Å². The second kappa shape index (κ2) is 7.32. The van der Waals surface area contributed by atoms with Gasteiger partial charge in [-0.25, -0.2) is 8.42 Å². The number of sulfonamides is 1. The van der Waals surface area contributed by atoms with Crippen LogP contribution < -0.4 is 0 Å². The quantitative estimate of drug-likeness (QED) is 0.742. The molecule has 1 aliphatic heterocycles. The van der Waals surface area contributed by atoms with E-state index in [0.717, 1.165) is 41.5 Å². The van der Waals surface area contributed by atoms with Crippen molar-refractivity contribution >= 4 is 21.6 Å². The first-order valence-corrected chi connectivity index (χ1v) is 11.3. The average Bonchev–Trinajstić information content (AvgIpc) is 2.81. The minimum atomic E-state index is -3.32. The summed E-state index contributed by atoms with van der Waals surface area (Å²) in [5, 5.41) is 0. The Bertz CT molecular complexity index is 906. The van der Waals surface area contributed by atoms with Gasteiger partial charge >= 0.3 is 0 Å². The molecule has 3 rings (SSSR count). The molecular formula is C21H27NO4S. The maximum Gasteiger partial charge on any atom is 0.211 e. The number of hydrogen-bond acceptors (Lipinski definition) is 4. The van der Waals surface area contributed by atoms with Gasteiger partial charge in [-0.15, -0.1) is 0 Å². The molecule has 0 spiro atoms. The predicted molar refractivity (Wildman–Crippen MR) is 105 cm³/mol. The third-order valence-corrected chi connectivity index (χ3v) is 6.99. The summed E-state index contributed by atoms with van der Waals surface area (Å²) in [6, 6.07) is 3.75. The summed E-state index contributed by atoms with van der Waals surface area (Å²) in [5.41, 5.74) is 4.26. The van der Waals surface area contributed by atoms with Gasteiger partial charge in [-0.05, 0) is 62.8 Å². The van der Waals surface area contributed by atoms with Crippen molar-refractivity contribution in [1.82, 2.24) is 4.31 Å². The van der Waals surface area contributed by atoms with Crippen LogP contribution in [0.15, 0.2) is 23.8 Å². The number of aryl methyl sites for hydroxylation is 3. The van der Waals surface area contributed by atoms with Gasteiger partial charge in [0.05, 0.1) is 6.26 Å². The van der Waals surface area contributed by atoms with Gasteiger partial charge in [-0.1, -0.05) is 24.1 Å². The maximum atomic E-state index is 13.1. The highest BCUT2D eigenvalue weighted by Gasteiger charge is 2.40. The molecule has 2 unspecified atom stereocenters. The molecule has 1 aromatic rings. The molecule has 0 radical (unpaired) electrons. The van der Waals surface area contributed by atoms with Crippen molar-refractivity contribution in [3.05, 3.63) is 46.0 Å². The average molecular weight is 390 g/mol. The van der Waals surface area contributed by atoms with Crippen molar-refractivity contribution in [3.63, 3.8) is 0 Å². The maximum absolute atomic E-state index is 13.1. The summed E-state index contributed by atoms with van der Waals surface area (Å²) in [7, 11) is -3.32. The first-order chi connectivity index (χ1) is 12.6. The fourth-order valence-electron chi connectivity index (χ4n) is 4.59. The molecule has 0 amide bonds. The van der Waals surface area contributed by atoms with Crippen LogP contribution in [0.1, 0.15) is 53.9 Å². The number of ketones is 2. The first-order valence-electron chi connectivity index (χ1n) is 9.42. The fraction of sp³-hybridized carbons (Fsp3) is 0.524. The molecule has 146 valence electrons. The van der Waals surface area contributed by atoms with Crippen LogP contribution in [0.3, 0.4) is 0 Å². The number of rotatable bonds is 4. The minimum Gasteiger partial charge on any atom is -0.294 e. The Balaban J connectivity index is 1.87. The highest BCUT2D eigenvalue weighted by molar-refractivity contribution is 7.88. The van der Waals surface area contributed by atoms with E-state index in [2.05, 4.69) is 0 Å². The molecule has 1 saturated heterocycles. The van der Waals surface area contributed by atoms with Gasteiger partial charge in [0.2, 0.25) is 10.0 Å². The molecule has 2 aliphatic rings. The summed E-state index contributed by atoms with van der Waals surface area (Å²) in [6.07, 6.45) is 5.47. The third kappa shape index (κ3) is 3.92. The predicted octanol–water partition coefficient (Wildman–Crippen LogP) is 2.98. The molecule has 1 heterocycles. The molecule has 1 fully saturated rings. The molecule has 5 nitrogen and oxygen atoms in total. The molecule has 1 aromatic carbocycles. The molecule has 0 aromatic heterocycles. The highest BCUT2D eigenvalue weighted by Crippen LogP contribution is 2.36. The van der Waals surface area contributed by atoms with Gasteiger partial charge in [0.1, 0.15) is 5.92 Å². The molecular weight excluding hydrogens is 362 g/mol. The summed E-state index contributed by atoms with van der Waals surface area (Å²) >= 11 is 0. The van der Waals surface area contributed by atoms with E-state index < -0.39 is 15.9 Å². The van der Waals surface area contributed by atoms with Crippen LogP contribution in [-0.2, 0) is 19.6 Å². The zero-order valence-corrected chi connectivity index (χ0v) is 17.2. The van der Waals surface area contributed by atoms with Crippen LogP contribution in [0, 0.1) is 20.8 Å². The Morgan fingerprint density at radius 3 is 2.30 bits per heavy atom. The van der Waals surface area contributed by atoms with Gasteiger partial charge in [0, 0.05) is 18.2 Å². The first kappa shape index (κ1) is 20.0. The van der Waals surface area contributed by atoms with Crippen LogP contribution in [0.25, 0.3) is 0 Å². The Morgan fingerprint density at radius 1 is 1.07 bits per heavy atom. The van der Waals surface area contributed by atoms with Crippen LogP contribution in [0.2, 0.25) is 0 Å². The Morgan fingerprint density at radius 2 is 1.70 bits per heavy atom. The van der Waals surface area contributed by atoms with E-state index in [0.29, 0.717) is 18.5 Å². The lowest BCUT2D eigenvalue weighted by atomic mass is 9.85. The van der Waals surface area contributed by atoms with Crippen LogP contribution in [0.5, 0.6) is 0 Å². The van der Waals surface area contributed by atoms with E-state index in [-0.39, 0.29) is 17.6 Å². The zero-order valence-electron chi connectivity index (χ0n) is 16.4. The SMILES string of the molecule is Cc1cc(C)c(C2C(=O)C=C(CC3CCCCN3S(C)(=O)=O)C2=O)c(C)c1. The number of piperidine rings is 1. The van der Waals surface area contributed by atoms with Crippen molar-refractivity contribution < 1.29 is 18.0 Å². The molecule has 2 atom stereocenters. The van der Waals surface area contributed by atoms with Gasteiger partial charge in [-0.3, -0.25) is 9.59 Å². The van der Waals surface area contributed by atoms with Gasteiger partial charge in [0.15, 0.2) is 11.6 Å². The molecule has 0 bridgehead atoms. The molecule has 1 aliphatic carbocycles. The van der Waals surface area contributed by atoms with Crippen LogP contribution >= 0.6 is 0 Å². The number of carbonyl (C=O) groups is 2. The lowest BCUT2D eigenvalue weighted by Crippen LogP contribution is -2.43. The molecule has 0 N–H and O–H groups in total. The number of Topliss-reactive ketones (excluding diaryl/α,β-unsaturated/α-hetero) is 1. The molecule has 27 heavy (non-hydrogen) atoms. The standard InChI is InChI=1S/C21H27NO4S/c1-13-9-14(2)19(15(3)10-13)20-18(23)12-16(21(20)24)11-17-7-5-6-8-22(17)27(4,25)26/h9-10,12,17,20H,5-8,11H2,1-4H3. The zero-order chi connectivity index (χ0) is 19.9. The summed E-state index contributed by atoms with van der Waals surface area (Å²) < 4.78 is 25.6. The van der Waals surface area contributed by atoms with Crippen molar-refractivity contribution in [3.8, 4) is 0 Å². The van der Waals surface area contributed by atoms with E-state index in [1.807, 2.05) is 32.9 Å². The number of allylic oxidation sites excluding steroid dienone is 1. The molecule has 6 heteroatoms. The van der Waals surface area contributed by atoms with Crippen LogP contribution in [-0.4, -0.2) is 43.1 Å². The van der Waals surface area contributed by atoms with E-state index in [4.69, 9.17) is 0 Å². The highest BCUT2D eigenvalue weighted by atomic mass is 32.2. The van der Waals surface area contributed by atoms with Gasteiger partial charge < -0.3 is 0 Å². The minimum absolute atomic E-state index is 0.172. The number of nitrogens with zero attached hydrogens (tertiary/aromatic N) is 1. The normalized spacial score (nSPS) is 24.4. The number of carbonyl (C=O) groups excluding carboxylic acids is 2. The summed E-state index contributed by atoms with van der Waals surface area (Å²) in [4.78, 5) is 25.8. The van der Waals surface area contributed by atoms with E-state index >= 15 is 0 Å². The fourth-order valence-corrected chi connectivity index (χ4v) is 5.77. The van der Waals surface area contributed by atoms with E-state index in [1.165, 1.54) is 16.6 Å². The van der Waals surface area contributed by atoms with Crippen molar-refractivity contribution in [2.24, 2.45) is 0 Å². The topological polar surface area (TPSA) is 71.5 Å². The second-order valence-corrected chi connectivity index (χ2v) is 9.84. The number of hydrogen-bond donors (Lipinski definition) is 0. The van der Waals surface area contributed by atoms with Crippen molar-refractivity contribution in [2.45, 2.75) is 58.4 Å². The summed E-state index contributed by atoms with van der Waals surface area (Å²) in [6.45, 7) is 6.34. The summed E-state index contributed by atoms with van der Waals surface area (Å²) in [5.74, 6) is -1.14. The van der Waals surface area contributed by atoms with Crippen molar-refractivity contribution in [2.75, 3.05) is 12.8 Å². The lowest BCUT2D eigenvalue weighted by Gasteiger charge is -2.33. The van der Waals surface area contributed by atoms with Crippen molar-refractivity contribution in [1.29, 1.82) is 0 Å². The monoisotopic (exact) mass is 389 g/mol. The van der Waals surface area contributed by atoms with Gasteiger partial charge in [0.25, 0.3) is 0 Å². The largest absolute Gasteiger partial charge is 0.294 e. The van der Waals surface area contributed by atoms with Gasteiger partial charge in [-0.2, -0.15) is 4.31 Å². The number of benzene rings is 1.